The van der Waals surface area contributed by atoms with Crippen LogP contribution in [0.2, 0.25) is 0 Å². The van der Waals surface area contributed by atoms with Crippen LogP contribution in [0.5, 0.6) is 11.5 Å². The first-order valence-electron chi connectivity index (χ1n) is 11.2. The van der Waals surface area contributed by atoms with Crippen molar-refractivity contribution in [1.29, 1.82) is 0 Å². The first-order valence-corrected chi connectivity index (χ1v) is 11.2. The minimum Gasteiger partial charge on any atom is -0.457 e. The number of halogens is 3. The van der Waals surface area contributed by atoms with E-state index >= 15 is 0 Å². The van der Waals surface area contributed by atoms with Crippen molar-refractivity contribution in [3.63, 3.8) is 0 Å². The number of alkyl halides is 3. The van der Waals surface area contributed by atoms with E-state index in [9.17, 15) is 18.0 Å². The van der Waals surface area contributed by atoms with E-state index in [-0.39, 0.29) is 18.5 Å². The van der Waals surface area contributed by atoms with E-state index < -0.39 is 11.7 Å². The summed E-state index contributed by atoms with van der Waals surface area (Å²) in [4.78, 5) is 20.7. The molecule has 0 spiro atoms. The Kier molecular flexibility index (Phi) is 7.11. The van der Waals surface area contributed by atoms with E-state index in [1.165, 1.54) is 18.3 Å². The molecule has 0 unspecified atom stereocenters. The molecule has 2 aromatic carbocycles. The zero-order valence-electron chi connectivity index (χ0n) is 19.8. The molecule has 0 aliphatic heterocycles. The van der Waals surface area contributed by atoms with Crippen molar-refractivity contribution < 1.29 is 22.7 Å². The molecular formula is C25H25F3N6O2. The van der Waals surface area contributed by atoms with Crippen molar-refractivity contribution in [3.8, 4) is 11.5 Å². The molecule has 0 saturated carbocycles. The van der Waals surface area contributed by atoms with Crippen molar-refractivity contribution >= 4 is 34.4 Å². The molecule has 0 aliphatic rings. The summed E-state index contributed by atoms with van der Waals surface area (Å²) in [6.07, 6.45) is -2.86. The number of aromatic nitrogens is 3. The molecule has 36 heavy (non-hydrogen) atoms. The predicted octanol–water partition coefficient (Wildman–Crippen LogP) is 5.46. The average Bonchev–Trinajstić information content (AvgIpc) is 3.12. The van der Waals surface area contributed by atoms with Gasteiger partial charge in [-0.2, -0.15) is 13.2 Å². The van der Waals surface area contributed by atoms with Gasteiger partial charge in [0.25, 0.3) is 0 Å². The number of aryl methyl sites for hydroxylation is 1. The maximum atomic E-state index is 12.8. The molecule has 0 atom stereocenters. The number of imidazole rings is 1. The normalized spacial score (nSPS) is 11.6. The standard InChI is InChI=1S/C25H25F3N6O2/c1-15(2)30-14-23(35)33-22-13-19(10-11-29-22)36-18-8-9-21-20(12-18)32-24(34(21)3)31-17-6-4-16(5-7-17)25(26,27)28/h4-13,15,30H,14H2,1-3H3,(H,31,32)(H,29,33,35). The molecule has 4 aromatic rings. The first-order chi connectivity index (χ1) is 17.1. The maximum Gasteiger partial charge on any atom is 0.416 e. The fraction of sp³-hybridized carbons (Fsp3) is 0.240. The Morgan fingerprint density at radius 1 is 1.06 bits per heavy atom. The molecule has 2 aromatic heterocycles. The molecular weight excluding hydrogens is 473 g/mol. The second-order valence-electron chi connectivity index (χ2n) is 8.41. The van der Waals surface area contributed by atoms with Crippen molar-refractivity contribution in [3.05, 3.63) is 66.4 Å². The number of carbonyl (C=O) groups is 1. The fourth-order valence-electron chi connectivity index (χ4n) is 3.39. The number of carbonyl (C=O) groups excluding carboxylic acids is 1. The lowest BCUT2D eigenvalue weighted by atomic mass is 10.2. The number of benzene rings is 2. The summed E-state index contributed by atoms with van der Waals surface area (Å²) in [5.41, 5.74) is 1.20. The van der Waals surface area contributed by atoms with Gasteiger partial charge in [0, 0.05) is 37.1 Å². The Balaban J connectivity index is 1.47. The highest BCUT2D eigenvalue weighted by atomic mass is 19.4. The van der Waals surface area contributed by atoms with E-state index in [0.717, 1.165) is 17.6 Å². The van der Waals surface area contributed by atoms with E-state index in [1.807, 2.05) is 19.9 Å². The van der Waals surface area contributed by atoms with Crippen LogP contribution in [0.3, 0.4) is 0 Å². The van der Waals surface area contributed by atoms with Crippen LogP contribution in [0.1, 0.15) is 19.4 Å². The predicted molar refractivity (Wildman–Crippen MR) is 132 cm³/mol. The lowest BCUT2D eigenvalue weighted by Crippen LogP contribution is -2.32. The zero-order chi connectivity index (χ0) is 25.9. The maximum absolute atomic E-state index is 12.8. The van der Waals surface area contributed by atoms with E-state index in [2.05, 4.69) is 25.9 Å². The second-order valence-corrected chi connectivity index (χ2v) is 8.41. The third kappa shape index (κ3) is 6.11. The van der Waals surface area contributed by atoms with Crippen molar-refractivity contribution in [2.24, 2.45) is 7.05 Å². The number of rotatable bonds is 8. The summed E-state index contributed by atoms with van der Waals surface area (Å²) in [5.74, 6) is 1.62. The zero-order valence-corrected chi connectivity index (χ0v) is 19.8. The highest BCUT2D eigenvalue weighted by molar-refractivity contribution is 5.91. The Morgan fingerprint density at radius 2 is 1.78 bits per heavy atom. The first kappa shape index (κ1) is 25.0. The quantitative estimate of drug-likeness (QED) is 0.299. The van der Waals surface area contributed by atoms with Gasteiger partial charge in [-0.15, -0.1) is 0 Å². The van der Waals surface area contributed by atoms with Crippen molar-refractivity contribution in [2.45, 2.75) is 26.1 Å². The monoisotopic (exact) mass is 498 g/mol. The fourth-order valence-corrected chi connectivity index (χ4v) is 3.39. The Hall–Kier alpha value is -4.12. The van der Waals surface area contributed by atoms with Crippen molar-refractivity contribution in [2.75, 3.05) is 17.2 Å². The second kappa shape index (κ2) is 10.2. The van der Waals surface area contributed by atoms with Gasteiger partial charge in [-0.3, -0.25) is 4.79 Å². The Morgan fingerprint density at radius 3 is 2.47 bits per heavy atom. The molecule has 2 heterocycles. The third-order valence-electron chi connectivity index (χ3n) is 5.23. The molecule has 3 N–H and O–H groups in total. The van der Waals surface area contributed by atoms with Crippen LogP contribution >= 0.6 is 0 Å². The smallest absolute Gasteiger partial charge is 0.416 e. The Bertz CT molecular complexity index is 1370. The molecule has 8 nitrogen and oxygen atoms in total. The lowest BCUT2D eigenvalue weighted by Gasteiger charge is -2.10. The van der Waals surface area contributed by atoms with E-state index in [0.29, 0.717) is 34.5 Å². The molecule has 11 heteroatoms. The van der Waals surface area contributed by atoms with E-state index in [1.54, 1.807) is 35.9 Å². The third-order valence-corrected chi connectivity index (χ3v) is 5.23. The molecule has 0 saturated heterocycles. The number of amides is 1. The van der Waals surface area contributed by atoms with Gasteiger partial charge < -0.3 is 25.3 Å². The SMILES string of the molecule is CC(C)NCC(=O)Nc1cc(Oc2ccc3c(c2)nc(Nc2ccc(C(F)(F)F)cc2)n3C)ccn1. The minimum absolute atomic E-state index is 0.170. The number of ether oxygens (including phenoxy) is 1. The van der Waals surface area contributed by atoms with Gasteiger partial charge in [0.15, 0.2) is 0 Å². The summed E-state index contributed by atoms with van der Waals surface area (Å²) < 4.78 is 46.1. The summed E-state index contributed by atoms with van der Waals surface area (Å²) in [6, 6.07) is 13.6. The number of anilines is 3. The molecule has 0 radical (unpaired) electrons. The highest BCUT2D eigenvalue weighted by Gasteiger charge is 2.30. The van der Waals surface area contributed by atoms with Gasteiger partial charge in [-0.25, -0.2) is 9.97 Å². The van der Waals surface area contributed by atoms with Gasteiger partial charge in [0.05, 0.1) is 23.1 Å². The number of pyridine rings is 1. The molecule has 0 bridgehead atoms. The Labute approximate surface area is 205 Å². The molecule has 188 valence electrons. The van der Waals surface area contributed by atoms with E-state index in [4.69, 9.17) is 4.74 Å². The number of nitrogens with zero attached hydrogens (tertiary/aromatic N) is 3. The summed E-state index contributed by atoms with van der Waals surface area (Å²) in [6.45, 7) is 4.07. The summed E-state index contributed by atoms with van der Waals surface area (Å²) in [5, 5.41) is 8.80. The molecule has 1 amide bonds. The van der Waals surface area contributed by atoms with Gasteiger partial charge in [0.2, 0.25) is 11.9 Å². The van der Waals surface area contributed by atoms with Gasteiger partial charge in [-0.05, 0) is 42.5 Å². The van der Waals surface area contributed by atoms with Gasteiger partial charge in [-0.1, -0.05) is 13.8 Å². The molecule has 0 fully saturated rings. The van der Waals surface area contributed by atoms with Crippen LogP contribution in [0, 0.1) is 0 Å². The van der Waals surface area contributed by atoms with Crippen LogP contribution in [-0.4, -0.2) is 33.0 Å². The van der Waals surface area contributed by atoms with Gasteiger partial charge >= 0.3 is 6.18 Å². The number of nitrogens with one attached hydrogen (secondary N) is 3. The van der Waals surface area contributed by atoms with Crippen LogP contribution < -0.4 is 20.7 Å². The van der Waals surface area contributed by atoms with Gasteiger partial charge in [0.1, 0.15) is 17.3 Å². The minimum atomic E-state index is -4.39. The lowest BCUT2D eigenvalue weighted by molar-refractivity contribution is -0.137. The summed E-state index contributed by atoms with van der Waals surface area (Å²) in [7, 11) is 1.80. The van der Waals surface area contributed by atoms with Crippen LogP contribution in [0.15, 0.2) is 60.8 Å². The van der Waals surface area contributed by atoms with Crippen molar-refractivity contribution in [1.82, 2.24) is 19.9 Å². The number of fused-ring (bicyclic) bond motifs is 1. The largest absolute Gasteiger partial charge is 0.457 e. The molecule has 0 aliphatic carbocycles. The highest BCUT2D eigenvalue weighted by Crippen LogP contribution is 2.31. The summed E-state index contributed by atoms with van der Waals surface area (Å²) >= 11 is 0. The molecule has 4 rings (SSSR count). The van der Waals surface area contributed by atoms with Crippen LogP contribution in [0.25, 0.3) is 11.0 Å². The topological polar surface area (TPSA) is 93.1 Å². The average molecular weight is 499 g/mol. The van der Waals surface area contributed by atoms with Crippen LogP contribution in [-0.2, 0) is 18.0 Å². The number of hydrogen-bond acceptors (Lipinski definition) is 6. The number of hydrogen-bond donors (Lipinski definition) is 3. The van der Waals surface area contributed by atoms with Crippen LogP contribution in [0.4, 0.5) is 30.6 Å².